The standard InChI is InChI=1S/C21H23ClF2N4S/c1-25-21-11-20(21,16-14(23)7-6-13(22)17(16)24)12-28-18(21)15(26-19(28)29)5-4-10-27-8-2-3-9-27/h6-7H,1-5,8-12H2,(H,26,29)/t20-,21-/m1/s1. The Balaban J connectivity index is 1.50. The third kappa shape index (κ3) is 2.63. The summed E-state index contributed by atoms with van der Waals surface area (Å²) in [4.78, 5) is 10.2. The number of aryl methyl sites for hydroxylation is 1. The highest BCUT2D eigenvalue weighted by molar-refractivity contribution is 7.71. The van der Waals surface area contributed by atoms with Gasteiger partial charge in [-0.3, -0.25) is 4.99 Å². The monoisotopic (exact) mass is 436 g/mol. The number of hydrogen-bond acceptors (Lipinski definition) is 3. The minimum atomic E-state index is -0.810. The van der Waals surface area contributed by atoms with E-state index in [0.29, 0.717) is 17.7 Å². The number of aromatic nitrogens is 2. The zero-order valence-electron chi connectivity index (χ0n) is 16.1. The van der Waals surface area contributed by atoms with Gasteiger partial charge in [0.15, 0.2) is 4.77 Å². The van der Waals surface area contributed by atoms with Crippen LogP contribution in [-0.2, 0) is 23.9 Å². The number of hydrogen-bond donors (Lipinski definition) is 1. The lowest BCUT2D eigenvalue weighted by Gasteiger charge is -2.18. The van der Waals surface area contributed by atoms with Gasteiger partial charge in [-0.05, 0) is 82.8 Å². The average Bonchev–Trinajstić information content (AvgIpc) is 3.05. The van der Waals surface area contributed by atoms with Crippen LogP contribution in [0.4, 0.5) is 8.78 Å². The number of halogens is 3. The Labute approximate surface area is 178 Å². The van der Waals surface area contributed by atoms with Crippen molar-refractivity contribution >= 4 is 30.5 Å². The Morgan fingerprint density at radius 2 is 2.03 bits per heavy atom. The van der Waals surface area contributed by atoms with E-state index < -0.39 is 22.6 Å². The summed E-state index contributed by atoms with van der Waals surface area (Å²) in [5.41, 5.74) is 0.408. The molecule has 1 saturated carbocycles. The van der Waals surface area contributed by atoms with Crippen LogP contribution in [0.15, 0.2) is 17.1 Å². The lowest BCUT2D eigenvalue weighted by atomic mass is 9.90. The quantitative estimate of drug-likeness (QED) is 0.402. The maximum atomic E-state index is 14.9. The maximum Gasteiger partial charge on any atom is 0.177 e. The predicted molar refractivity (Wildman–Crippen MR) is 113 cm³/mol. The van der Waals surface area contributed by atoms with Gasteiger partial charge in [0.1, 0.15) is 17.2 Å². The van der Waals surface area contributed by atoms with Crippen LogP contribution in [0.3, 0.4) is 0 Å². The van der Waals surface area contributed by atoms with Gasteiger partial charge in [-0.1, -0.05) is 11.6 Å². The minimum absolute atomic E-state index is 0.0125. The van der Waals surface area contributed by atoms with Gasteiger partial charge in [0.05, 0.1) is 16.1 Å². The van der Waals surface area contributed by atoms with E-state index in [9.17, 15) is 8.78 Å². The smallest absolute Gasteiger partial charge is 0.177 e. The second-order valence-corrected chi connectivity index (χ2v) is 9.29. The number of rotatable bonds is 6. The highest BCUT2D eigenvalue weighted by Gasteiger charge is 2.76. The Hall–Kier alpha value is -1.57. The van der Waals surface area contributed by atoms with Crippen molar-refractivity contribution in [3.05, 3.63) is 50.5 Å². The molecule has 0 unspecified atom stereocenters. The molecule has 2 aromatic rings. The van der Waals surface area contributed by atoms with Gasteiger partial charge in [0.2, 0.25) is 0 Å². The topological polar surface area (TPSA) is 36.3 Å². The lowest BCUT2D eigenvalue weighted by molar-refractivity contribution is 0.333. The molecule has 0 bridgehead atoms. The number of benzene rings is 1. The first-order valence-electron chi connectivity index (χ1n) is 10.1. The molecule has 5 rings (SSSR count). The normalized spacial score (nSPS) is 27.8. The van der Waals surface area contributed by atoms with Crippen LogP contribution in [0.1, 0.15) is 42.6 Å². The number of aromatic amines is 1. The molecule has 4 nitrogen and oxygen atoms in total. The van der Waals surface area contributed by atoms with Crippen LogP contribution in [0.25, 0.3) is 0 Å². The second kappa shape index (κ2) is 6.72. The molecular formula is C21H23ClF2N4S. The molecule has 29 heavy (non-hydrogen) atoms. The number of nitrogens with one attached hydrogen (secondary N) is 1. The molecule has 8 heteroatoms. The Morgan fingerprint density at radius 1 is 1.28 bits per heavy atom. The van der Waals surface area contributed by atoms with Crippen LogP contribution < -0.4 is 0 Å². The molecule has 3 heterocycles. The van der Waals surface area contributed by atoms with E-state index in [1.807, 2.05) is 4.57 Å². The summed E-state index contributed by atoms with van der Waals surface area (Å²) in [5, 5.41) is -0.0757. The van der Waals surface area contributed by atoms with Crippen LogP contribution in [0.2, 0.25) is 5.02 Å². The molecule has 2 aliphatic heterocycles. The molecule has 2 atom stereocenters. The Kier molecular flexibility index (Phi) is 4.50. The average molecular weight is 437 g/mol. The number of likely N-dealkylation sites (tertiary alicyclic amines) is 1. The molecule has 0 amide bonds. The minimum Gasteiger partial charge on any atom is -0.334 e. The summed E-state index contributed by atoms with van der Waals surface area (Å²) in [6.07, 6.45) is 4.89. The number of fused-ring (bicyclic) bond motifs is 3. The van der Waals surface area contributed by atoms with E-state index in [2.05, 4.69) is 21.6 Å². The highest BCUT2D eigenvalue weighted by atomic mass is 35.5. The van der Waals surface area contributed by atoms with Gasteiger partial charge in [-0.15, -0.1) is 0 Å². The van der Waals surface area contributed by atoms with Crippen molar-refractivity contribution in [2.24, 2.45) is 4.99 Å². The van der Waals surface area contributed by atoms with E-state index >= 15 is 0 Å². The second-order valence-electron chi connectivity index (χ2n) is 8.49. The van der Waals surface area contributed by atoms with Crippen molar-refractivity contribution in [2.75, 3.05) is 19.6 Å². The molecule has 1 aromatic heterocycles. The fourth-order valence-corrected chi connectivity index (χ4v) is 6.03. The number of aliphatic imine (C=N–C) groups is 1. The fourth-order valence-electron chi connectivity index (χ4n) is 5.59. The van der Waals surface area contributed by atoms with Gasteiger partial charge in [0.25, 0.3) is 0 Å². The Morgan fingerprint density at radius 3 is 2.76 bits per heavy atom. The van der Waals surface area contributed by atoms with E-state index in [4.69, 9.17) is 23.8 Å². The van der Waals surface area contributed by atoms with Crippen LogP contribution in [0.5, 0.6) is 0 Å². The highest BCUT2D eigenvalue weighted by Crippen LogP contribution is 2.72. The lowest BCUT2D eigenvalue weighted by Crippen LogP contribution is -2.22. The summed E-state index contributed by atoms with van der Waals surface area (Å²) in [7, 11) is 0. The number of imidazole rings is 1. The molecule has 1 aliphatic carbocycles. The van der Waals surface area contributed by atoms with Crippen molar-refractivity contribution in [2.45, 2.75) is 49.6 Å². The Bertz CT molecular complexity index is 1060. The van der Waals surface area contributed by atoms with E-state index in [0.717, 1.165) is 30.8 Å². The maximum absolute atomic E-state index is 14.9. The largest absolute Gasteiger partial charge is 0.334 e. The first-order valence-corrected chi connectivity index (χ1v) is 10.9. The van der Waals surface area contributed by atoms with Crippen molar-refractivity contribution < 1.29 is 8.78 Å². The number of nitrogens with zero attached hydrogens (tertiary/aromatic N) is 3. The molecule has 154 valence electrons. The third-order valence-corrected chi connectivity index (χ3v) is 7.61. The summed E-state index contributed by atoms with van der Waals surface area (Å²) >= 11 is 11.5. The third-order valence-electron chi connectivity index (χ3n) is 7.00. The van der Waals surface area contributed by atoms with Gasteiger partial charge in [0, 0.05) is 17.8 Å². The van der Waals surface area contributed by atoms with Crippen molar-refractivity contribution in [1.82, 2.24) is 14.5 Å². The summed E-state index contributed by atoms with van der Waals surface area (Å²) in [6.45, 7) is 7.56. The van der Waals surface area contributed by atoms with Gasteiger partial charge in [-0.2, -0.15) is 0 Å². The fraction of sp³-hybridized carbons (Fsp3) is 0.524. The van der Waals surface area contributed by atoms with Gasteiger partial charge in [-0.25, -0.2) is 8.78 Å². The van der Waals surface area contributed by atoms with E-state index in [1.165, 1.54) is 38.1 Å². The molecule has 1 N–H and O–H groups in total. The summed E-state index contributed by atoms with van der Waals surface area (Å²) in [5.74, 6) is -1.29. The summed E-state index contributed by atoms with van der Waals surface area (Å²) < 4.78 is 32.2. The van der Waals surface area contributed by atoms with E-state index in [1.54, 1.807) is 0 Å². The molecular weight excluding hydrogens is 414 g/mol. The van der Waals surface area contributed by atoms with Crippen LogP contribution in [-0.4, -0.2) is 40.8 Å². The van der Waals surface area contributed by atoms with E-state index in [-0.39, 0.29) is 10.6 Å². The molecule has 0 spiro atoms. The van der Waals surface area contributed by atoms with Crippen LogP contribution in [0, 0.1) is 16.4 Å². The molecule has 1 saturated heterocycles. The predicted octanol–water partition coefficient (Wildman–Crippen LogP) is 4.76. The molecule has 2 fully saturated rings. The van der Waals surface area contributed by atoms with Crippen molar-refractivity contribution in [3.8, 4) is 0 Å². The molecule has 3 aliphatic rings. The SMILES string of the molecule is C=N[C@@]12C[C@]1(c1c(F)ccc(Cl)c1F)Cn1c2c(CCCN2CCCC2)[nH]c1=S. The first kappa shape index (κ1) is 19.4. The van der Waals surface area contributed by atoms with Crippen LogP contribution >= 0.6 is 23.8 Å². The molecule has 0 radical (unpaired) electrons. The molecule has 1 aromatic carbocycles. The summed E-state index contributed by atoms with van der Waals surface area (Å²) in [6, 6.07) is 2.48. The number of H-pyrrole nitrogens is 1. The van der Waals surface area contributed by atoms with Crippen molar-refractivity contribution in [3.63, 3.8) is 0 Å². The van der Waals surface area contributed by atoms with Gasteiger partial charge < -0.3 is 14.5 Å². The zero-order chi connectivity index (χ0) is 20.4. The van der Waals surface area contributed by atoms with Gasteiger partial charge >= 0.3 is 0 Å². The van der Waals surface area contributed by atoms with Crippen molar-refractivity contribution in [1.29, 1.82) is 0 Å². The zero-order valence-corrected chi connectivity index (χ0v) is 17.7. The first-order chi connectivity index (χ1) is 13.9.